The van der Waals surface area contributed by atoms with E-state index in [2.05, 4.69) is 10.4 Å². The lowest BCUT2D eigenvalue weighted by atomic mass is 10.1. The van der Waals surface area contributed by atoms with Gasteiger partial charge in [0, 0.05) is 17.4 Å². The molecule has 1 aromatic heterocycles. The number of nitrogens with one attached hydrogen (secondary N) is 1. The average molecular weight is 368 g/mol. The van der Waals surface area contributed by atoms with Gasteiger partial charge in [-0.05, 0) is 50.1 Å². The van der Waals surface area contributed by atoms with Gasteiger partial charge in [0.2, 0.25) is 5.43 Å². The molecule has 0 fully saturated rings. The van der Waals surface area contributed by atoms with E-state index in [0.717, 1.165) is 11.1 Å². The van der Waals surface area contributed by atoms with E-state index >= 15 is 0 Å². The molecule has 0 atom stereocenters. The van der Waals surface area contributed by atoms with Gasteiger partial charge < -0.3 is 5.32 Å². The summed E-state index contributed by atoms with van der Waals surface area (Å²) in [4.78, 5) is 25.0. The molecule has 3 aromatic rings. The number of carbonyl (C=O) groups is 1. The first-order chi connectivity index (χ1) is 12.4. The van der Waals surface area contributed by atoms with E-state index < -0.39 is 11.3 Å². The zero-order valence-corrected chi connectivity index (χ0v) is 15.5. The lowest BCUT2D eigenvalue weighted by Gasteiger charge is -2.13. The minimum Gasteiger partial charge on any atom is -0.320 e. The summed E-state index contributed by atoms with van der Waals surface area (Å²) in [6.45, 7) is 5.56. The second-order valence-electron chi connectivity index (χ2n) is 6.13. The van der Waals surface area contributed by atoms with Crippen molar-refractivity contribution >= 4 is 23.2 Å². The molecule has 0 aliphatic heterocycles. The number of rotatable bonds is 3. The molecular formula is C20H18ClN3O2. The molecule has 0 bridgehead atoms. The van der Waals surface area contributed by atoms with Crippen molar-refractivity contribution < 1.29 is 4.79 Å². The van der Waals surface area contributed by atoms with Crippen LogP contribution in [0.15, 0.2) is 53.3 Å². The molecule has 1 N–H and O–H groups in total. The Morgan fingerprint density at radius 3 is 2.54 bits per heavy atom. The Morgan fingerprint density at radius 1 is 1.08 bits per heavy atom. The highest BCUT2D eigenvalue weighted by Crippen LogP contribution is 2.20. The molecule has 0 aliphatic rings. The Morgan fingerprint density at radius 2 is 1.81 bits per heavy atom. The maximum absolute atomic E-state index is 12.7. The molecular weight excluding hydrogens is 350 g/mol. The molecule has 1 amide bonds. The molecule has 3 rings (SSSR count). The number of aromatic nitrogens is 2. The molecule has 0 saturated heterocycles. The van der Waals surface area contributed by atoms with Crippen LogP contribution in [-0.2, 0) is 0 Å². The minimum absolute atomic E-state index is 0.184. The smallest absolute Gasteiger partial charge is 0.280 e. The third kappa shape index (κ3) is 3.53. The lowest BCUT2D eigenvalue weighted by Crippen LogP contribution is -2.27. The van der Waals surface area contributed by atoms with Crippen molar-refractivity contribution in [3.63, 3.8) is 0 Å². The molecule has 26 heavy (non-hydrogen) atoms. The molecule has 0 aliphatic carbocycles. The number of hydrogen-bond acceptors (Lipinski definition) is 3. The first kappa shape index (κ1) is 17.9. The zero-order valence-electron chi connectivity index (χ0n) is 14.7. The molecule has 1 heterocycles. The van der Waals surface area contributed by atoms with Crippen LogP contribution in [0.2, 0.25) is 5.02 Å². The highest BCUT2D eigenvalue weighted by molar-refractivity contribution is 6.32. The fraction of sp³-hybridized carbons (Fsp3) is 0.150. The normalized spacial score (nSPS) is 10.6. The monoisotopic (exact) mass is 367 g/mol. The topological polar surface area (TPSA) is 64.0 Å². The van der Waals surface area contributed by atoms with E-state index in [1.165, 1.54) is 10.7 Å². The molecule has 0 saturated carbocycles. The predicted molar refractivity (Wildman–Crippen MR) is 103 cm³/mol. The van der Waals surface area contributed by atoms with Gasteiger partial charge in [-0.15, -0.1) is 0 Å². The number of anilines is 1. The number of nitrogens with zero attached hydrogens (tertiary/aromatic N) is 2. The van der Waals surface area contributed by atoms with Gasteiger partial charge in [0.25, 0.3) is 5.91 Å². The zero-order chi connectivity index (χ0) is 18.8. The number of amides is 1. The number of para-hydroxylation sites is 1. The first-order valence-electron chi connectivity index (χ1n) is 8.11. The van der Waals surface area contributed by atoms with E-state index in [1.807, 2.05) is 38.1 Å². The van der Waals surface area contributed by atoms with Gasteiger partial charge in [0.15, 0.2) is 5.69 Å². The Balaban J connectivity index is 2.04. The number of benzene rings is 2. The minimum atomic E-state index is -0.551. The van der Waals surface area contributed by atoms with Crippen molar-refractivity contribution in [2.45, 2.75) is 20.8 Å². The Hall–Kier alpha value is -2.92. The summed E-state index contributed by atoms with van der Waals surface area (Å²) in [6, 6.07) is 14.2. The van der Waals surface area contributed by atoms with Crippen molar-refractivity contribution in [3.05, 3.63) is 86.3 Å². The van der Waals surface area contributed by atoms with Crippen LogP contribution in [0.1, 0.15) is 27.3 Å². The lowest BCUT2D eigenvalue weighted by molar-refractivity contribution is 0.101. The van der Waals surface area contributed by atoms with Gasteiger partial charge in [-0.3, -0.25) is 9.59 Å². The highest BCUT2D eigenvalue weighted by Gasteiger charge is 2.17. The number of carbonyl (C=O) groups excluding carboxylic acids is 1. The van der Waals surface area contributed by atoms with Gasteiger partial charge in [0.1, 0.15) is 0 Å². The summed E-state index contributed by atoms with van der Waals surface area (Å²) in [5.41, 5.74) is 3.14. The van der Waals surface area contributed by atoms with E-state index in [0.29, 0.717) is 22.1 Å². The van der Waals surface area contributed by atoms with E-state index in [-0.39, 0.29) is 5.69 Å². The van der Waals surface area contributed by atoms with Crippen molar-refractivity contribution in [2.75, 3.05) is 5.32 Å². The second-order valence-corrected chi connectivity index (χ2v) is 6.54. The molecule has 5 nitrogen and oxygen atoms in total. The summed E-state index contributed by atoms with van der Waals surface area (Å²) >= 11 is 6.23. The Kier molecular flexibility index (Phi) is 4.91. The van der Waals surface area contributed by atoms with Crippen molar-refractivity contribution in [1.82, 2.24) is 9.78 Å². The van der Waals surface area contributed by atoms with Crippen LogP contribution in [0, 0.1) is 20.8 Å². The maximum atomic E-state index is 12.7. The standard InChI is InChI=1S/C20H18ClN3O2/c1-12-8-9-13(2)16(10-12)22-20(26)19-18(25)11-14(3)24(23-19)17-7-5-4-6-15(17)21/h4-11H,1-3H3,(H,22,26). The second kappa shape index (κ2) is 7.14. The fourth-order valence-corrected chi connectivity index (χ4v) is 2.84. The van der Waals surface area contributed by atoms with Crippen LogP contribution in [-0.4, -0.2) is 15.7 Å². The number of hydrogen-bond donors (Lipinski definition) is 1. The molecule has 6 heteroatoms. The molecule has 132 valence electrons. The quantitative estimate of drug-likeness (QED) is 0.759. The predicted octanol–water partition coefficient (Wildman–Crippen LogP) is 4.06. The van der Waals surface area contributed by atoms with Crippen LogP contribution >= 0.6 is 11.6 Å². The van der Waals surface area contributed by atoms with Crippen molar-refractivity contribution in [3.8, 4) is 5.69 Å². The number of aryl methyl sites for hydroxylation is 3. The van der Waals surface area contributed by atoms with Crippen molar-refractivity contribution in [1.29, 1.82) is 0 Å². The van der Waals surface area contributed by atoms with E-state index in [4.69, 9.17) is 11.6 Å². The summed E-state index contributed by atoms with van der Waals surface area (Å²) in [5, 5.41) is 7.51. The van der Waals surface area contributed by atoms with Gasteiger partial charge in [-0.25, -0.2) is 4.68 Å². The van der Waals surface area contributed by atoms with Crippen molar-refractivity contribution in [2.24, 2.45) is 0 Å². The molecule has 0 radical (unpaired) electrons. The van der Waals surface area contributed by atoms with Gasteiger partial charge in [0.05, 0.1) is 10.7 Å². The first-order valence-corrected chi connectivity index (χ1v) is 8.49. The summed E-state index contributed by atoms with van der Waals surface area (Å²) in [6.07, 6.45) is 0. The average Bonchev–Trinajstić information content (AvgIpc) is 2.59. The van der Waals surface area contributed by atoms with E-state index in [1.54, 1.807) is 25.1 Å². The van der Waals surface area contributed by atoms with Crippen LogP contribution < -0.4 is 10.7 Å². The summed E-state index contributed by atoms with van der Waals surface area (Å²) in [5.74, 6) is -0.551. The fourth-order valence-electron chi connectivity index (χ4n) is 2.62. The molecule has 0 spiro atoms. The molecule has 0 unspecified atom stereocenters. The molecule has 2 aromatic carbocycles. The SMILES string of the molecule is Cc1ccc(C)c(NC(=O)c2nn(-c3ccccc3Cl)c(C)cc2=O)c1. The van der Waals surface area contributed by atoms with Crippen LogP contribution in [0.5, 0.6) is 0 Å². The van der Waals surface area contributed by atoms with Gasteiger partial charge in [-0.2, -0.15) is 5.10 Å². The van der Waals surface area contributed by atoms with E-state index in [9.17, 15) is 9.59 Å². The largest absolute Gasteiger partial charge is 0.320 e. The van der Waals surface area contributed by atoms with Gasteiger partial charge in [-0.1, -0.05) is 35.9 Å². The van der Waals surface area contributed by atoms with Crippen LogP contribution in [0.25, 0.3) is 5.69 Å². The van der Waals surface area contributed by atoms with Gasteiger partial charge >= 0.3 is 0 Å². The third-order valence-corrected chi connectivity index (χ3v) is 4.36. The Labute approximate surface area is 156 Å². The summed E-state index contributed by atoms with van der Waals surface area (Å²) in [7, 11) is 0. The third-order valence-electron chi connectivity index (χ3n) is 4.04. The number of halogens is 1. The van der Waals surface area contributed by atoms with Crippen LogP contribution in [0.4, 0.5) is 5.69 Å². The summed E-state index contributed by atoms with van der Waals surface area (Å²) < 4.78 is 1.50. The Bertz CT molecular complexity index is 1060. The van der Waals surface area contributed by atoms with Crippen LogP contribution in [0.3, 0.4) is 0 Å². The maximum Gasteiger partial charge on any atom is 0.280 e. The highest BCUT2D eigenvalue weighted by atomic mass is 35.5.